The number of hydrogen-bond acceptors (Lipinski definition) is 5. The van der Waals surface area contributed by atoms with Crippen LogP contribution in [0.4, 0.5) is 11.4 Å². The summed E-state index contributed by atoms with van der Waals surface area (Å²) in [6.07, 6.45) is 11.9. The SMILES string of the molecule is CC(=O)Nc1ccc(NC(=O)CSc2nc3c(c(=O)n2C2CCCCC2)C2(CCCCC2)Cc2ccccc2-3)cc1. The molecule has 2 N–H and O–H groups in total. The molecule has 8 heteroatoms. The van der Waals surface area contributed by atoms with E-state index in [2.05, 4.69) is 28.8 Å². The van der Waals surface area contributed by atoms with E-state index in [9.17, 15) is 14.4 Å². The van der Waals surface area contributed by atoms with Gasteiger partial charge in [-0.3, -0.25) is 19.0 Å². The zero-order valence-electron chi connectivity index (χ0n) is 23.7. The van der Waals surface area contributed by atoms with Crippen molar-refractivity contribution in [2.45, 2.75) is 94.2 Å². The lowest BCUT2D eigenvalue weighted by Gasteiger charge is -2.42. The third-order valence-electron chi connectivity index (χ3n) is 8.99. The van der Waals surface area contributed by atoms with Crippen molar-refractivity contribution in [3.05, 3.63) is 70.0 Å². The average Bonchev–Trinajstić information content (AvgIpc) is 2.97. The van der Waals surface area contributed by atoms with Gasteiger partial charge in [0.1, 0.15) is 0 Å². The van der Waals surface area contributed by atoms with Gasteiger partial charge in [0, 0.05) is 35.3 Å². The number of anilines is 2. The van der Waals surface area contributed by atoms with Crippen LogP contribution in [0.5, 0.6) is 0 Å². The molecule has 0 bridgehead atoms. The van der Waals surface area contributed by atoms with Crippen molar-refractivity contribution in [2.75, 3.05) is 16.4 Å². The highest BCUT2D eigenvalue weighted by Gasteiger charge is 2.44. The molecule has 1 aromatic heterocycles. The lowest BCUT2D eigenvalue weighted by Crippen LogP contribution is -2.44. The van der Waals surface area contributed by atoms with E-state index in [1.165, 1.54) is 37.1 Å². The Hall–Kier alpha value is -3.39. The average molecular weight is 571 g/mol. The molecule has 3 aromatic rings. The summed E-state index contributed by atoms with van der Waals surface area (Å²) in [5, 5.41) is 6.33. The summed E-state index contributed by atoms with van der Waals surface area (Å²) in [5.41, 5.74) is 5.41. The van der Waals surface area contributed by atoms with Crippen molar-refractivity contribution in [3.8, 4) is 11.3 Å². The third kappa shape index (κ3) is 5.71. The van der Waals surface area contributed by atoms with Crippen LogP contribution < -0.4 is 16.2 Å². The van der Waals surface area contributed by atoms with Gasteiger partial charge in [-0.2, -0.15) is 0 Å². The van der Waals surface area contributed by atoms with E-state index in [0.29, 0.717) is 16.5 Å². The van der Waals surface area contributed by atoms with Gasteiger partial charge in [0.2, 0.25) is 11.8 Å². The number of amides is 2. The molecule has 214 valence electrons. The molecule has 0 atom stereocenters. The summed E-state index contributed by atoms with van der Waals surface area (Å²) in [5.74, 6) is -0.150. The highest BCUT2D eigenvalue weighted by molar-refractivity contribution is 7.99. The third-order valence-corrected chi connectivity index (χ3v) is 9.94. The number of aromatic nitrogens is 2. The van der Waals surface area contributed by atoms with E-state index in [1.807, 2.05) is 10.6 Å². The maximum absolute atomic E-state index is 14.6. The molecule has 2 saturated carbocycles. The number of rotatable bonds is 6. The molecular weight excluding hydrogens is 532 g/mol. The Morgan fingerprint density at radius 3 is 2.29 bits per heavy atom. The topological polar surface area (TPSA) is 93.1 Å². The van der Waals surface area contributed by atoms with Gasteiger partial charge < -0.3 is 10.6 Å². The molecule has 1 heterocycles. The second-order valence-corrected chi connectivity index (χ2v) is 12.8. The van der Waals surface area contributed by atoms with Gasteiger partial charge in [0.15, 0.2) is 5.16 Å². The Balaban J connectivity index is 1.34. The summed E-state index contributed by atoms with van der Waals surface area (Å²) in [4.78, 5) is 44.2. The van der Waals surface area contributed by atoms with Crippen LogP contribution in [0, 0.1) is 0 Å². The van der Waals surface area contributed by atoms with Gasteiger partial charge >= 0.3 is 0 Å². The summed E-state index contributed by atoms with van der Waals surface area (Å²) in [6, 6.07) is 15.6. The monoisotopic (exact) mass is 570 g/mol. The minimum absolute atomic E-state index is 0.120. The second-order valence-electron chi connectivity index (χ2n) is 11.9. The first-order valence-corrected chi connectivity index (χ1v) is 16.0. The summed E-state index contributed by atoms with van der Waals surface area (Å²) in [6.45, 7) is 1.46. The highest BCUT2D eigenvalue weighted by Crippen LogP contribution is 2.49. The standard InChI is InChI=1S/C33H38N4O3S/c1-22(38)34-24-14-16-25(17-15-24)35-28(39)21-41-32-36-30-27-13-7-6-10-23(27)20-33(18-8-3-9-19-33)29(30)31(40)37(32)26-11-4-2-5-12-26/h6-7,10,13-17,26H,2-5,8-9,11-12,18-21H2,1H3,(H,34,38)(H,35,39). The van der Waals surface area contributed by atoms with Gasteiger partial charge in [-0.1, -0.05) is 74.6 Å². The lowest BCUT2D eigenvalue weighted by molar-refractivity contribution is -0.114. The number of carbonyl (C=O) groups is 2. The maximum atomic E-state index is 14.6. The molecule has 3 aliphatic rings. The number of nitrogens with zero attached hydrogens (tertiary/aromatic N) is 2. The predicted octanol–water partition coefficient (Wildman–Crippen LogP) is 6.86. The fourth-order valence-corrected chi connectivity index (χ4v) is 7.99. The zero-order chi connectivity index (χ0) is 28.4. The fourth-order valence-electron chi connectivity index (χ4n) is 7.13. The molecule has 2 aromatic carbocycles. The lowest BCUT2D eigenvalue weighted by atomic mass is 9.62. The van der Waals surface area contributed by atoms with E-state index < -0.39 is 0 Å². The number of hydrogen-bond donors (Lipinski definition) is 2. The molecule has 1 spiro atoms. The molecule has 41 heavy (non-hydrogen) atoms. The minimum atomic E-state index is -0.159. The minimum Gasteiger partial charge on any atom is -0.326 e. The zero-order valence-corrected chi connectivity index (χ0v) is 24.5. The van der Waals surface area contributed by atoms with Crippen LogP contribution in [0.3, 0.4) is 0 Å². The Kier molecular flexibility index (Phi) is 8.02. The molecule has 0 saturated heterocycles. The Morgan fingerprint density at radius 2 is 1.59 bits per heavy atom. The smallest absolute Gasteiger partial charge is 0.258 e. The van der Waals surface area contributed by atoms with Crippen molar-refractivity contribution in [1.82, 2.24) is 9.55 Å². The molecule has 7 nitrogen and oxygen atoms in total. The molecule has 2 fully saturated rings. The normalized spacial score (nSPS) is 17.9. The first-order valence-electron chi connectivity index (χ1n) is 15.0. The van der Waals surface area contributed by atoms with Crippen LogP contribution in [0.15, 0.2) is 58.5 Å². The van der Waals surface area contributed by atoms with Crippen molar-refractivity contribution < 1.29 is 9.59 Å². The maximum Gasteiger partial charge on any atom is 0.258 e. The van der Waals surface area contributed by atoms with Crippen LogP contribution in [-0.4, -0.2) is 27.1 Å². The van der Waals surface area contributed by atoms with E-state index in [4.69, 9.17) is 4.98 Å². The van der Waals surface area contributed by atoms with E-state index in [0.717, 1.165) is 74.6 Å². The quantitative estimate of drug-likeness (QED) is 0.249. The Labute approximate surface area is 245 Å². The fraction of sp³-hybridized carbons (Fsp3) is 0.455. The van der Waals surface area contributed by atoms with Gasteiger partial charge in [-0.05, 0) is 61.9 Å². The molecule has 0 unspecified atom stereocenters. The molecule has 0 radical (unpaired) electrons. The number of benzene rings is 2. The highest BCUT2D eigenvalue weighted by atomic mass is 32.2. The van der Waals surface area contributed by atoms with Gasteiger partial charge in [0.25, 0.3) is 5.56 Å². The van der Waals surface area contributed by atoms with Gasteiger partial charge in [0.05, 0.1) is 17.0 Å². The van der Waals surface area contributed by atoms with Gasteiger partial charge in [-0.25, -0.2) is 4.98 Å². The van der Waals surface area contributed by atoms with Crippen LogP contribution in [-0.2, 0) is 21.4 Å². The second kappa shape index (κ2) is 11.8. The first kappa shape index (κ1) is 27.8. The molecule has 2 amide bonds. The number of fused-ring (bicyclic) bond motifs is 4. The van der Waals surface area contributed by atoms with Crippen LogP contribution >= 0.6 is 11.8 Å². The molecule has 3 aliphatic carbocycles. The summed E-state index contributed by atoms with van der Waals surface area (Å²) >= 11 is 1.36. The molecular formula is C33H38N4O3S. The summed E-state index contributed by atoms with van der Waals surface area (Å²) < 4.78 is 1.97. The van der Waals surface area contributed by atoms with E-state index >= 15 is 0 Å². The first-order chi connectivity index (χ1) is 19.9. The van der Waals surface area contributed by atoms with E-state index in [1.54, 1.807) is 24.3 Å². The van der Waals surface area contributed by atoms with Crippen molar-refractivity contribution in [1.29, 1.82) is 0 Å². The van der Waals surface area contributed by atoms with Gasteiger partial charge in [-0.15, -0.1) is 0 Å². The largest absolute Gasteiger partial charge is 0.326 e. The Morgan fingerprint density at radius 1 is 0.927 bits per heavy atom. The van der Waals surface area contributed by atoms with Crippen LogP contribution in [0.1, 0.15) is 88.3 Å². The number of nitrogens with one attached hydrogen (secondary N) is 2. The summed E-state index contributed by atoms with van der Waals surface area (Å²) in [7, 11) is 0. The van der Waals surface area contributed by atoms with Crippen LogP contribution in [0.2, 0.25) is 0 Å². The Bertz CT molecular complexity index is 1500. The van der Waals surface area contributed by atoms with Crippen molar-refractivity contribution in [3.63, 3.8) is 0 Å². The molecule has 0 aliphatic heterocycles. The molecule has 6 rings (SSSR count). The van der Waals surface area contributed by atoms with Crippen LogP contribution in [0.25, 0.3) is 11.3 Å². The van der Waals surface area contributed by atoms with Crippen molar-refractivity contribution >= 4 is 35.0 Å². The number of carbonyl (C=O) groups excluding carboxylic acids is 2. The predicted molar refractivity (Wildman–Crippen MR) is 165 cm³/mol. The number of thioether (sulfide) groups is 1. The van der Waals surface area contributed by atoms with Crippen molar-refractivity contribution in [2.24, 2.45) is 0 Å². The van der Waals surface area contributed by atoms with E-state index in [-0.39, 0.29) is 34.6 Å².